The molecule has 1 aliphatic heterocycles. The molecule has 2 saturated carbocycles. The van der Waals surface area contributed by atoms with Gasteiger partial charge in [-0.25, -0.2) is 0 Å². The number of hydrogen-bond donors (Lipinski definition) is 1. The van der Waals surface area contributed by atoms with Gasteiger partial charge in [0.25, 0.3) is 0 Å². The van der Waals surface area contributed by atoms with Crippen molar-refractivity contribution in [2.24, 2.45) is 11.8 Å². The van der Waals surface area contributed by atoms with Gasteiger partial charge in [-0.2, -0.15) is 0 Å². The van der Waals surface area contributed by atoms with Crippen molar-refractivity contribution in [1.82, 2.24) is 5.32 Å². The van der Waals surface area contributed by atoms with Crippen LogP contribution in [0.1, 0.15) is 58.3 Å². The molecule has 0 saturated heterocycles. The maximum Gasteiger partial charge on any atom is 0.0380 e. The molecular weight excluding hydrogens is 306 g/mol. The lowest BCUT2D eigenvalue weighted by molar-refractivity contribution is 0.297. The van der Waals surface area contributed by atoms with E-state index < -0.39 is 0 Å². The van der Waals surface area contributed by atoms with Gasteiger partial charge in [0.05, 0.1) is 0 Å². The van der Waals surface area contributed by atoms with E-state index in [0.29, 0.717) is 0 Å². The van der Waals surface area contributed by atoms with E-state index in [1.54, 1.807) is 5.70 Å². The normalized spacial score (nSPS) is 39.9. The number of fused-ring (bicyclic) bond motifs is 1. The maximum absolute atomic E-state index is 3.88. The summed E-state index contributed by atoms with van der Waals surface area (Å²) in [6, 6.07) is 0.785. The Morgan fingerprint density at radius 1 is 1.06 bits per heavy atom. The maximum atomic E-state index is 3.88. The molecule has 3 aliphatic rings. The molecule has 0 bridgehead atoms. The average Bonchev–Trinajstić information content (AvgIpc) is 2.39. The Balaban J connectivity index is 0.00000120. The van der Waals surface area contributed by atoms with Gasteiger partial charge in [0.2, 0.25) is 0 Å². The molecule has 2 unspecified atom stereocenters. The summed E-state index contributed by atoms with van der Waals surface area (Å²) in [7, 11) is 0. The zero-order chi connectivity index (χ0) is 11.7. The van der Waals surface area contributed by atoms with Gasteiger partial charge in [0.1, 0.15) is 0 Å². The van der Waals surface area contributed by atoms with Crippen molar-refractivity contribution in [2.45, 2.75) is 69.6 Å². The highest BCUT2D eigenvalue weighted by atomic mass is 79.9. The van der Waals surface area contributed by atoms with Gasteiger partial charge < -0.3 is 5.32 Å². The van der Waals surface area contributed by atoms with Crippen LogP contribution in [0.2, 0.25) is 0 Å². The lowest BCUT2D eigenvalue weighted by Crippen LogP contribution is -2.43. The Kier molecular flexibility index (Phi) is 5.49. The lowest BCUT2D eigenvalue weighted by atomic mass is 9.81. The highest BCUT2D eigenvalue weighted by molar-refractivity contribution is 8.93. The standard InChI is InChI=1S/C15H25NS.BrH/c1-11-6-8-12(9-7-11)14-10-17-15-5-3-2-4-13(15)16-14;/h10-13,15-16H,2-9H2,1H3;1H. The van der Waals surface area contributed by atoms with Gasteiger partial charge >= 0.3 is 0 Å². The fourth-order valence-electron chi connectivity index (χ4n) is 3.62. The van der Waals surface area contributed by atoms with Crippen LogP contribution in [0, 0.1) is 11.8 Å². The van der Waals surface area contributed by atoms with E-state index in [-0.39, 0.29) is 17.0 Å². The van der Waals surface area contributed by atoms with Crippen LogP contribution in [0.4, 0.5) is 0 Å². The van der Waals surface area contributed by atoms with Crippen molar-refractivity contribution in [3.8, 4) is 0 Å². The highest BCUT2D eigenvalue weighted by Gasteiger charge is 2.31. The molecule has 0 aromatic carbocycles. The smallest absolute Gasteiger partial charge is 0.0380 e. The quantitative estimate of drug-likeness (QED) is 0.734. The molecule has 1 nitrogen and oxygen atoms in total. The minimum absolute atomic E-state index is 0. The third-order valence-electron chi connectivity index (χ3n) is 4.88. The van der Waals surface area contributed by atoms with Gasteiger partial charge in [-0.15, -0.1) is 28.7 Å². The number of hydrogen-bond acceptors (Lipinski definition) is 2. The van der Waals surface area contributed by atoms with Crippen molar-refractivity contribution in [3.05, 3.63) is 11.1 Å². The third-order valence-corrected chi connectivity index (χ3v) is 6.18. The third kappa shape index (κ3) is 3.27. The van der Waals surface area contributed by atoms with Crippen molar-refractivity contribution >= 4 is 28.7 Å². The van der Waals surface area contributed by atoms with Crippen molar-refractivity contribution < 1.29 is 0 Å². The number of allylic oxidation sites excluding steroid dienone is 1. The van der Waals surface area contributed by atoms with Crippen LogP contribution in [0.5, 0.6) is 0 Å². The number of halogens is 1. The van der Waals surface area contributed by atoms with Gasteiger partial charge in [0.15, 0.2) is 0 Å². The van der Waals surface area contributed by atoms with Crippen molar-refractivity contribution in [3.63, 3.8) is 0 Å². The SMILES string of the molecule is Br.CC1CCC(C2=CSC3CCCCC3N2)CC1. The molecule has 0 aromatic rings. The predicted molar refractivity (Wildman–Crippen MR) is 86.3 cm³/mol. The largest absolute Gasteiger partial charge is 0.384 e. The Hall–Kier alpha value is 0.370. The summed E-state index contributed by atoms with van der Waals surface area (Å²) in [6.45, 7) is 2.41. The molecule has 104 valence electrons. The fraction of sp³-hybridized carbons (Fsp3) is 0.867. The van der Waals surface area contributed by atoms with Gasteiger partial charge in [-0.3, -0.25) is 0 Å². The lowest BCUT2D eigenvalue weighted by Gasteiger charge is -2.39. The van der Waals surface area contributed by atoms with Crippen LogP contribution in [-0.4, -0.2) is 11.3 Å². The second-order valence-corrected chi connectivity index (χ2v) is 7.35. The second-order valence-electron chi connectivity index (χ2n) is 6.24. The van der Waals surface area contributed by atoms with Crippen LogP contribution in [0.3, 0.4) is 0 Å². The van der Waals surface area contributed by atoms with Gasteiger partial charge in [-0.05, 0) is 42.9 Å². The molecule has 0 amide bonds. The first-order chi connectivity index (χ1) is 8.33. The van der Waals surface area contributed by atoms with E-state index in [0.717, 1.165) is 23.1 Å². The first kappa shape index (κ1) is 14.8. The van der Waals surface area contributed by atoms with Crippen LogP contribution in [0.15, 0.2) is 11.1 Å². The molecule has 2 fully saturated rings. The number of rotatable bonds is 1. The molecule has 3 rings (SSSR count). The Morgan fingerprint density at radius 3 is 2.56 bits per heavy atom. The summed E-state index contributed by atoms with van der Waals surface area (Å²) >= 11 is 2.13. The van der Waals surface area contributed by atoms with E-state index in [2.05, 4.69) is 29.4 Å². The van der Waals surface area contributed by atoms with E-state index in [1.807, 2.05) is 0 Å². The molecule has 0 radical (unpaired) electrons. The summed E-state index contributed by atoms with van der Waals surface area (Å²) in [6.07, 6.45) is 11.4. The van der Waals surface area contributed by atoms with Gasteiger partial charge in [0, 0.05) is 17.0 Å². The van der Waals surface area contributed by atoms with Crippen LogP contribution in [-0.2, 0) is 0 Å². The highest BCUT2D eigenvalue weighted by Crippen LogP contribution is 2.39. The Morgan fingerprint density at radius 2 is 1.78 bits per heavy atom. The summed E-state index contributed by atoms with van der Waals surface area (Å²) in [5.74, 6) is 1.81. The summed E-state index contributed by atoms with van der Waals surface area (Å²) in [5.41, 5.74) is 1.59. The fourth-order valence-corrected chi connectivity index (χ4v) is 4.90. The molecule has 0 spiro atoms. The van der Waals surface area contributed by atoms with Crippen LogP contribution >= 0.6 is 28.7 Å². The predicted octanol–water partition coefficient (Wildman–Crippen LogP) is 4.88. The van der Waals surface area contributed by atoms with Crippen LogP contribution in [0.25, 0.3) is 0 Å². The average molecular weight is 332 g/mol. The second kappa shape index (κ2) is 6.69. The molecule has 1 heterocycles. The molecule has 2 aliphatic carbocycles. The Bertz CT molecular complexity index is 297. The number of thioether (sulfide) groups is 1. The summed E-state index contributed by atoms with van der Waals surface area (Å²) in [4.78, 5) is 0. The van der Waals surface area contributed by atoms with Crippen molar-refractivity contribution in [1.29, 1.82) is 0 Å². The zero-order valence-corrected chi connectivity index (χ0v) is 13.9. The zero-order valence-electron chi connectivity index (χ0n) is 11.4. The topological polar surface area (TPSA) is 12.0 Å². The molecular formula is C15H26BrNS. The van der Waals surface area contributed by atoms with E-state index >= 15 is 0 Å². The molecule has 0 aromatic heterocycles. The minimum atomic E-state index is 0. The summed E-state index contributed by atoms with van der Waals surface area (Å²) < 4.78 is 0. The molecule has 2 atom stereocenters. The number of nitrogens with one attached hydrogen (secondary N) is 1. The molecule has 3 heteroatoms. The Labute approximate surface area is 126 Å². The van der Waals surface area contributed by atoms with Crippen LogP contribution < -0.4 is 5.32 Å². The first-order valence-corrected chi connectivity index (χ1v) is 8.39. The van der Waals surface area contributed by atoms with E-state index in [4.69, 9.17) is 0 Å². The first-order valence-electron chi connectivity index (χ1n) is 7.45. The minimum Gasteiger partial charge on any atom is -0.384 e. The molecule has 1 N–H and O–H groups in total. The van der Waals surface area contributed by atoms with E-state index in [9.17, 15) is 0 Å². The van der Waals surface area contributed by atoms with Gasteiger partial charge in [-0.1, -0.05) is 32.6 Å². The van der Waals surface area contributed by atoms with E-state index in [1.165, 1.54) is 51.4 Å². The summed E-state index contributed by atoms with van der Waals surface area (Å²) in [5, 5.41) is 7.22. The van der Waals surface area contributed by atoms with Crippen molar-refractivity contribution in [2.75, 3.05) is 0 Å². The monoisotopic (exact) mass is 331 g/mol. The molecule has 18 heavy (non-hydrogen) atoms.